The second kappa shape index (κ2) is 7.36. The van der Waals surface area contributed by atoms with Crippen molar-refractivity contribution in [2.24, 2.45) is 0 Å². The second-order valence-electron chi connectivity index (χ2n) is 6.21. The van der Waals surface area contributed by atoms with Gasteiger partial charge < -0.3 is 9.84 Å². The van der Waals surface area contributed by atoms with Gasteiger partial charge in [-0.15, -0.1) is 0 Å². The third-order valence-electron chi connectivity index (χ3n) is 4.31. The lowest BCUT2D eigenvalue weighted by Crippen LogP contribution is -2.45. The molecule has 2 aliphatic rings. The van der Waals surface area contributed by atoms with Crippen molar-refractivity contribution in [1.82, 2.24) is 9.80 Å². The molecule has 1 aliphatic carbocycles. The van der Waals surface area contributed by atoms with Gasteiger partial charge in [-0.25, -0.2) is 0 Å². The van der Waals surface area contributed by atoms with Gasteiger partial charge in [-0.3, -0.25) is 9.80 Å². The van der Waals surface area contributed by atoms with E-state index in [1.807, 2.05) is 0 Å². The van der Waals surface area contributed by atoms with Crippen LogP contribution in [0.25, 0.3) is 0 Å². The number of aliphatic hydroxyl groups excluding tert-OH is 1. The number of aliphatic hydroxyl groups is 1. The lowest BCUT2D eigenvalue weighted by atomic mass is 10.2. The fraction of sp³-hybridized carbons (Fsp3) is 0.647. The molecule has 4 heteroatoms. The minimum Gasteiger partial charge on any atom is -0.390 e. The molecule has 0 radical (unpaired) electrons. The van der Waals surface area contributed by atoms with E-state index in [9.17, 15) is 5.11 Å². The number of ether oxygens (including phenoxy) is 1. The largest absolute Gasteiger partial charge is 0.390 e. The molecule has 0 spiro atoms. The zero-order valence-corrected chi connectivity index (χ0v) is 12.7. The highest BCUT2D eigenvalue weighted by atomic mass is 16.5. The first-order valence-corrected chi connectivity index (χ1v) is 8.07. The van der Waals surface area contributed by atoms with E-state index in [-0.39, 0.29) is 6.10 Å². The first-order valence-electron chi connectivity index (χ1n) is 8.07. The maximum atomic E-state index is 10.4. The molecule has 3 rings (SSSR count). The SMILES string of the molecule is OC(CN1CCOCC1)CN(Cc1ccccc1)C1CC1. The van der Waals surface area contributed by atoms with Crippen molar-refractivity contribution in [3.05, 3.63) is 35.9 Å². The molecule has 1 aromatic rings. The number of morpholine rings is 1. The highest BCUT2D eigenvalue weighted by molar-refractivity contribution is 5.15. The van der Waals surface area contributed by atoms with Crippen molar-refractivity contribution < 1.29 is 9.84 Å². The molecule has 1 unspecified atom stereocenters. The zero-order chi connectivity index (χ0) is 14.5. The Balaban J connectivity index is 1.50. The quantitative estimate of drug-likeness (QED) is 0.822. The van der Waals surface area contributed by atoms with Gasteiger partial charge in [0.05, 0.1) is 19.3 Å². The molecule has 1 heterocycles. The number of hydrogen-bond acceptors (Lipinski definition) is 4. The van der Waals surface area contributed by atoms with Crippen LogP contribution in [0.2, 0.25) is 0 Å². The van der Waals surface area contributed by atoms with Crippen molar-refractivity contribution in [3.8, 4) is 0 Å². The molecule has 2 fully saturated rings. The summed E-state index contributed by atoms with van der Waals surface area (Å²) in [4.78, 5) is 4.75. The number of rotatable bonds is 7. The first kappa shape index (κ1) is 15.0. The van der Waals surface area contributed by atoms with Gasteiger partial charge in [0.2, 0.25) is 0 Å². The number of hydrogen-bond donors (Lipinski definition) is 1. The molecule has 1 saturated heterocycles. The summed E-state index contributed by atoms with van der Waals surface area (Å²) in [7, 11) is 0. The normalized spacial score (nSPS) is 21.6. The summed E-state index contributed by atoms with van der Waals surface area (Å²) in [6, 6.07) is 11.2. The van der Waals surface area contributed by atoms with E-state index < -0.39 is 0 Å². The van der Waals surface area contributed by atoms with Crippen LogP contribution in [0, 0.1) is 0 Å². The van der Waals surface area contributed by atoms with E-state index in [1.165, 1.54) is 18.4 Å². The molecule has 1 aliphatic heterocycles. The summed E-state index contributed by atoms with van der Waals surface area (Å²) in [5, 5.41) is 10.4. The van der Waals surface area contributed by atoms with Crippen LogP contribution in [-0.2, 0) is 11.3 Å². The molecular formula is C17H26N2O2. The van der Waals surface area contributed by atoms with Gasteiger partial charge in [-0.2, -0.15) is 0 Å². The number of nitrogens with zero attached hydrogens (tertiary/aromatic N) is 2. The maximum absolute atomic E-state index is 10.4. The fourth-order valence-corrected chi connectivity index (χ4v) is 3.01. The van der Waals surface area contributed by atoms with Crippen molar-refractivity contribution in [2.45, 2.75) is 31.5 Å². The van der Waals surface area contributed by atoms with Crippen LogP contribution in [0.1, 0.15) is 18.4 Å². The predicted octanol–water partition coefficient (Wildman–Crippen LogP) is 1.34. The third-order valence-corrected chi connectivity index (χ3v) is 4.31. The van der Waals surface area contributed by atoms with E-state index in [1.54, 1.807) is 0 Å². The Morgan fingerprint density at radius 3 is 2.57 bits per heavy atom. The third kappa shape index (κ3) is 4.78. The van der Waals surface area contributed by atoms with Gasteiger partial charge >= 0.3 is 0 Å². The Morgan fingerprint density at radius 1 is 1.19 bits per heavy atom. The number of β-amino-alcohol motifs (C(OH)–C–C–N with tert-alkyl or cyclic N) is 1. The Morgan fingerprint density at radius 2 is 1.90 bits per heavy atom. The molecule has 116 valence electrons. The van der Waals surface area contributed by atoms with Crippen LogP contribution in [0.4, 0.5) is 0 Å². The lowest BCUT2D eigenvalue weighted by Gasteiger charge is -2.31. The van der Waals surface area contributed by atoms with Crippen molar-refractivity contribution >= 4 is 0 Å². The predicted molar refractivity (Wildman–Crippen MR) is 83.1 cm³/mol. The van der Waals surface area contributed by atoms with Crippen molar-refractivity contribution in [2.75, 3.05) is 39.4 Å². The monoisotopic (exact) mass is 290 g/mol. The van der Waals surface area contributed by atoms with Gasteiger partial charge in [0.25, 0.3) is 0 Å². The highest BCUT2D eigenvalue weighted by Gasteiger charge is 2.30. The zero-order valence-electron chi connectivity index (χ0n) is 12.7. The molecule has 1 atom stereocenters. The van der Waals surface area contributed by atoms with Crippen LogP contribution in [0.15, 0.2) is 30.3 Å². The molecule has 1 saturated carbocycles. The summed E-state index contributed by atoms with van der Waals surface area (Å²) in [6.07, 6.45) is 2.28. The fourth-order valence-electron chi connectivity index (χ4n) is 3.01. The van der Waals surface area contributed by atoms with Gasteiger partial charge in [-0.1, -0.05) is 30.3 Å². The minimum absolute atomic E-state index is 0.271. The van der Waals surface area contributed by atoms with E-state index in [2.05, 4.69) is 40.1 Å². The number of benzene rings is 1. The topological polar surface area (TPSA) is 35.9 Å². The second-order valence-corrected chi connectivity index (χ2v) is 6.21. The van der Waals surface area contributed by atoms with Gasteiger partial charge in [-0.05, 0) is 18.4 Å². The highest BCUT2D eigenvalue weighted by Crippen LogP contribution is 2.28. The molecular weight excluding hydrogens is 264 g/mol. The summed E-state index contributed by atoms with van der Waals surface area (Å²) in [5.41, 5.74) is 1.34. The summed E-state index contributed by atoms with van der Waals surface area (Å²) in [5.74, 6) is 0. The smallest absolute Gasteiger partial charge is 0.0794 e. The molecule has 0 amide bonds. The lowest BCUT2D eigenvalue weighted by molar-refractivity contribution is 0.00552. The first-order chi connectivity index (χ1) is 10.3. The van der Waals surface area contributed by atoms with Gasteiger partial charge in [0.1, 0.15) is 0 Å². The molecule has 4 nitrogen and oxygen atoms in total. The molecule has 0 aromatic heterocycles. The van der Waals surface area contributed by atoms with Crippen LogP contribution in [-0.4, -0.2) is 66.4 Å². The van der Waals surface area contributed by atoms with Gasteiger partial charge in [0, 0.05) is 38.8 Å². The average Bonchev–Trinajstić information content (AvgIpc) is 3.33. The van der Waals surface area contributed by atoms with Crippen LogP contribution in [0.5, 0.6) is 0 Å². The minimum atomic E-state index is -0.271. The van der Waals surface area contributed by atoms with Crippen molar-refractivity contribution in [1.29, 1.82) is 0 Å². The van der Waals surface area contributed by atoms with Crippen LogP contribution >= 0.6 is 0 Å². The maximum Gasteiger partial charge on any atom is 0.0794 e. The Labute approximate surface area is 127 Å². The Bertz CT molecular complexity index is 416. The molecule has 1 aromatic carbocycles. The van der Waals surface area contributed by atoms with Crippen LogP contribution in [0.3, 0.4) is 0 Å². The van der Waals surface area contributed by atoms with E-state index in [0.29, 0.717) is 6.04 Å². The van der Waals surface area contributed by atoms with Gasteiger partial charge in [0.15, 0.2) is 0 Å². The molecule has 0 bridgehead atoms. The standard InChI is InChI=1S/C17H26N2O2/c20-17(13-18-8-10-21-11-9-18)14-19(16-6-7-16)12-15-4-2-1-3-5-15/h1-5,16-17,20H,6-14H2. The van der Waals surface area contributed by atoms with E-state index in [4.69, 9.17) is 4.74 Å². The Kier molecular flexibility index (Phi) is 5.25. The van der Waals surface area contributed by atoms with E-state index in [0.717, 1.165) is 45.9 Å². The summed E-state index contributed by atoms with van der Waals surface area (Å²) >= 11 is 0. The summed E-state index contributed by atoms with van der Waals surface area (Å²) < 4.78 is 5.36. The Hall–Kier alpha value is -0.940. The molecule has 1 N–H and O–H groups in total. The molecule has 21 heavy (non-hydrogen) atoms. The van der Waals surface area contributed by atoms with E-state index >= 15 is 0 Å². The average molecular weight is 290 g/mol. The summed E-state index contributed by atoms with van der Waals surface area (Å²) in [6.45, 7) is 5.97. The van der Waals surface area contributed by atoms with Crippen LogP contribution < -0.4 is 0 Å². The van der Waals surface area contributed by atoms with Crippen molar-refractivity contribution in [3.63, 3.8) is 0 Å².